The van der Waals surface area contributed by atoms with E-state index in [2.05, 4.69) is 4.98 Å². The molecule has 0 aliphatic rings. The third-order valence-electron chi connectivity index (χ3n) is 2.30. The SMILES string of the molecule is N#Cc1ccc(OCc2ccncc2Cl)c(F)c1. The lowest BCUT2D eigenvalue weighted by atomic mass is 10.2. The van der Waals surface area contributed by atoms with E-state index in [4.69, 9.17) is 21.6 Å². The van der Waals surface area contributed by atoms with Gasteiger partial charge in [-0.25, -0.2) is 4.39 Å². The molecule has 0 N–H and O–H groups in total. The maximum absolute atomic E-state index is 13.5. The van der Waals surface area contributed by atoms with E-state index in [1.807, 2.05) is 6.07 Å². The predicted octanol–water partition coefficient (Wildman–Crippen LogP) is 3.32. The molecule has 0 spiro atoms. The summed E-state index contributed by atoms with van der Waals surface area (Å²) >= 11 is 5.90. The Hall–Kier alpha value is -2.12. The third-order valence-corrected chi connectivity index (χ3v) is 2.64. The van der Waals surface area contributed by atoms with Gasteiger partial charge in [0.25, 0.3) is 0 Å². The summed E-state index contributed by atoms with van der Waals surface area (Å²) in [7, 11) is 0. The van der Waals surface area contributed by atoms with Gasteiger partial charge in [0.15, 0.2) is 11.6 Å². The Morgan fingerprint density at radius 3 is 2.89 bits per heavy atom. The van der Waals surface area contributed by atoms with Gasteiger partial charge in [0.05, 0.1) is 16.7 Å². The van der Waals surface area contributed by atoms with Crippen LogP contribution in [0.15, 0.2) is 36.7 Å². The Morgan fingerprint density at radius 2 is 2.22 bits per heavy atom. The third kappa shape index (κ3) is 2.76. The number of nitrogens with zero attached hydrogens (tertiary/aromatic N) is 2. The molecular formula is C13H8ClFN2O. The number of rotatable bonds is 3. The van der Waals surface area contributed by atoms with Gasteiger partial charge in [-0.2, -0.15) is 5.26 Å². The predicted molar refractivity (Wildman–Crippen MR) is 64.7 cm³/mol. The number of benzene rings is 1. The van der Waals surface area contributed by atoms with E-state index in [9.17, 15) is 4.39 Å². The number of nitriles is 1. The van der Waals surface area contributed by atoms with Crippen LogP contribution in [-0.4, -0.2) is 4.98 Å². The maximum Gasteiger partial charge on any atom is 0.166 e. The monoisotopic (exact) mass is 262 g/mol. The normalized spacial score (nSPS) is 9.83. The second-order valence-electron chi connectivity index (χ2n) is 3.51. The summed E-state index contributed by atoms with van der Waals surface area (Å²) in [5.74, 6) is -0.485. The Morgan fingerprint density at radius 1 is 1.39 bits per heavy atom. The second-order valence-corrected chi connectivity index (χ2v) is 3.92. The summed E-state index contributed by atoms with van der Waals surface area (Å²) in [6, 6.07) is 7.59. The lowest BCUT2D eigenvalue weighted by Gasteiger charge is -2.08. The van der Waals surface area contributed by atoms with Gasteiger partial charge >= 0.3 is 0 Å². The van der Waals surface area contributed by atoms with Crippen LogP contribution in [0.3, 0.4) is 0 Å². The molecule has 0 unspecified atom stereocenters. The molecule has 0 saturated heterocycles. The Bertz CT molecular complexity index is 610. The van der Waals surface area contributed by atoms with E-state index in [1.165, 1.54) is 18.3 Å². The summed E-state index contributed by atoms with van der Waals surface area (Å²) in [5.41, 5.74) is 0.970. The summed E-state index contributed by atoms with van der Waals surface area (Å²) < 4.78 is 18.8. The highest BCUT2D eigenvalue weighted by atomic mass is 35.5. The van der Waals surface area contributed by atoms with Crippen LogP contribution >= 0.6 is 11.6 Å². The number of halogens is 2. The van der Waals surface area contributed by atoms with Crippen molar-refractivity contribution in [2.24, 2.45) is 0 Å². The second kappa shape index (κ2) is 5.48. The Labute approximate surface area is 108 Å². The van der Waals surface area contributed by atoms with Crippen LogP contribution in [0.5, 0.6) is 5.75 Å². The zero-order chi connectivity index (χ0) is 13.0. The number of aromatic nitrogens is 1. The van der Waals surface area contributed by atoms with Crippen LogP contribution in [-0.2, 0) is 6.61 Å². The Balaban J connectivity index is 2.12. The summed E-state index contributed by atoms with van der Waals surface area (Å²) in [6.07, 6.45) is 3.08. The molecule has 5 heteroatoms. The van der Waals surface area contributed by atoms with Gasteiger partial charge in [-0.05, 0) is 24.3 Å². The molecule has 1 heterocycles. The van der Waals surface area contributed by atoms with Gasteiger partial charge in [-0.15, -0.1) is 0 Å². The Kier molecular flexibility index (Phi) is 3.75. The molecule has 0 atom stereocenters. The fraction of sp³-hybridized carbons (Fsp3) is 0.0769. The topological polar surface area (TPSA) is 45.9 Å². The minimum atomic E-state index is -0.570. The number of ether oxygens (including phenoxy) is 1. The van der Waals surface area contributed by atoms with Crippen molar-refractivity contribution in [1.29, 1.82) is 5.26 Å². The molecule has 18 heavy (non-hydrogen) atoms. The lowest BCUT2D eigenvalue weighted by Crippen LogP contribution is -1.98. The molecule has 3 nitrogen and oxygen atoms in total. The number of hydrogen-bond acceptors (Lipinski definition) is 3. The van der Waals surface area contributed by atoms with Gasteiger partial charge < -0.3 is 4.74 Å². The molecule has 2 aromatic rings. The number of pyridine rings is 1. The minimum Gasteiger partial charge on any atom is -0.486 e. The quantitative estimate of drug-likeness (QED) is 0.852. The first-order valence-electron chi connectivity index (χ1n) is 5.11. The van der Waals surface area contributed by atoms with Gasteiger partial charge in [0.1, 0.15) is 6.61 Å². The molecule has 0 fully saturated rings. The van der Waals surface area contributed by atoms with E-state index < -0.39 is 5.82 Å². The van der Waals surface area contributed by atoms with Crippen LogP contribution in [0.1, 0.15) is 11.1 Å². The minimum absolute atomic E-state index is 0.0851. The van der Waals surface area contributed by atoms with Crippen molar-refractivity contribution >= 4 is 11.6 Å². The molecule has 0 aliphatic carbocycles. The van der Waals surface area contributed by atoms with Crippen LogP contribution in [0.4, 0.5) is 4.39 Å². The van der Waals surface area contributed by atoms with Gasteiger partial charge in [0.2, 0.25) is 0 Å². The fourth-order valence-electron chi connectivity index (χ4n) is 1.36. The van der Waals surface area contributed by atoms with Crippen molar-refractivity contribution < 1.29 is 9.13 Å². The van der Waals surface area contributed by atoms with E-state index in [0.717, 1.165) is 11.6 Å². The highest BCUT2D eigenvalue weighted by Gasteiger charge is 2.06. The molecule has 2 rings (SSSR count). The molecule has 0 bridgehead atoms. The first-order valence-corrected chi connectivity index (χ1v) is 5.49. The number of hydrogen-bond donors (Lipinski definition) is 0. The summed E-state index contributed by atoms with van der Waals surface area (Å²) in [6.45, 7) is 0.143. The van der Waals surface area contributed by atoms with Gasteiger partial charge in [-0.1, -0.05) is 11.6 Å². The molecule has 0 amide bonds. The van der Waals surface area contributed by atoms with Crippen molar-refractivity contribution in [1.82, 2.24) is 4.98 Å². The van der Waals surface area contributed by atoms with Crippen molar-refractivity contribution in [2.45, 2.75) is 6.61 Å². The molecule has 1 aromatic carbocycles. The van der Waals surface area contributed by atoms with E-state index in [-0.39, 0.29) is 17.9 Å². The molecular weight excluding hydrogens is 255 g/mol. The van der Waals surface area contributed by atoms with E-state index >= 15 is 0 Å². The summed E-state index contributed by atoms with van der Waals surface area (Å²) in [5, 5.41) is 9.08. The highest BCUT2D eigenvalue weighted by Crippen LogP contribution is 2.21. The molecule has 0 saturated carbocycles. The van der Waals surface area contributed by atoms with Crippen molar-refractivity contribution in [3.8, 4) is 11.8 Å². The average Bonchev–Trinajstić information content (AvgIpc) is 2.39. The van der Waals surface area contributed by atoms with Crippen molar-refractivity contribution in [3.63, 3.8) is 0 Å². The van der Waals surface area contributed by atoms with Gasteiger partial charge in [-0.3, -0.25) is 4.98 Å². The van der Waals surface area contributed by atoms with Gasteiger partial charge in [0, 0.05) is 18.0 Å². The maximum atomic E-state index is 13.5. The molecule has 90 valence electrons. The molecule has 1 aromatic heterocycles. The van der Waals surface area contributed by atoms with E-state index in [0.29, 0.717) is 5.02 Å². The largest absolute Gasteiger partial charge is 0.486 e. The van der Waals surface area contributed by atoms with Crippen LogP contribution < -0.4 is 4.74 Å². The lowest BCUT2D eigenvalue weighted by molar-refractivity contribution is 0.290. The van der Waals surface area contributed by atoms with Crippen LogP contribution in [0.2, 0.25) is 5.02 Å². The molecule has 0 aliphatic heterocycles. The first-order chi connectivity index (χ1) is 8.70. The smallest absolute Gasteiger partial charge is 0.166 e. The van der Waals surface area contributed by atoms with Crippen LogP contribution in [0, 0.1) is 17.1 Å². The fourth-order valence-corrected chi connectivity index (χ4v) is 1.54. The van der Waals surface area contributed by atoms with Crippen molar-refractivity contribution in [2.75, 3.05) is 0 Å². The standard InChI is InChI=1S/C13H8ClFN2O/c14-11-7-17-4-3-10(11)8-18-13-2-1-9(6-16)5-12(13)15/h1-5,7H,8H2. The summed E-state index contributed by atoms with van der Waals surface area (Å²) in [4.78, 5) is 3.84. The highest BCUT2D eigenvalue weighted by molar-refractivity contribution is 6.31. The van der Waals surface area contributed by atoms with E-state index in [1.54, 1.807) is 12.3 Å². The van der Waals surface area contributed by atoms with Crippen molar-refractivity contribution in [3.05, 3.63) is 58.6 Å². The molecule has 0 radical (unpaired) electrons. The zero-order valence-corrected chi connectivity index (χ0v) is 9.99. The van der Waals surface area contributed by atoms with Crippen LogP contribution in [0.25, 0.3) is 0 Å². The zero-order valence-electron chi connectivity index (χ0n) is 9.23. The first kappa shape index (κ1) is 12.3. The average molecular weight is 263 g/mol.